The Morgan fingerprint density at radius 1 is 0.846 bits per heavy atom. The van der Waals surface area contributed by atoms with Gasteiger partial charge < -0.3 is 5.11 Å². The third kappa shape index (κ3) is 2.75. The lowest BCUT2D eigenvalue weighted by Gasteiger charge is -2.34. The molecule has 78 valence electrons. The SMILES string of the molecule is O=C(O)C(Cl)(C(Cl)(Cl)Cl)C(Cl)(Cl)Cl. The third-order valence-electron chi connectivity index (χ3n) is 1.08. The number of carbonyl (C=O) groups is 1. The molecule has 0 saturated heterocycles. The maximum atomic E-state index is 10.7. The maximum Gasteiger partial charge on any atom is 0.333 e. The standard InChI is InChI=1S/C4HCl7O2/c5-2(1(12)13,3(6,7)8)4(9,10)11/h(H,12,13). The Balaban J connectivity index is 5.35. The van der Waals surface area contributed by atoms with E-state index < -0.39 is 18.4 Å². The summed E-state index contributed by atoms with van der Waals surface area (Å²) in [7, 11) is 0. The molecule has 0 aromatic heterocycles. The van der Waals surface area contributed by atoms with Crippen LogP contribution in [0.4, 0.5) is 0 Å². The molecule has 0 aliphatic heterocycles. The number of hydrogen-bond acceptors (Lipinski definition) is 1. The van der Waals surface area contributed by atoms with Crippen molar-refractivity contribution in [1.82, 2.24) is 0 Å². The summed E-state index contributed by atoms with van der Waals surface area (Å²) in [6.45, 7) is 0. The number of aliphatic carboxylic acids is 1. The first kappa shape index (κ1) is 14.5. The van der Waals surface area contributed by atoms with Crippen LogP contribution in [-0.2, 0) is 4.79 Å². The lowest BCUT2D eigenvalue weighted by atomic mass is 10.2. The molecule has 1 N–H and O–H groups in total. The van der Waals surface area contributed by atoms with E-state index in [2.05, 4.69) is 0 Å². The number of hydrogen-bond donors (Lipinski definition) is 1. The van der Waals surface area contributed by atoms with Crippen molar-refractivity contribution in [2.24, 2.45) is 0 Å². The number of rotatable bonds is 1. The van der Waals surface area contributed by atoms with Crippen LogP contribution < -0.4 is 0 Å². The number of halogens is 7. The molecule has 0 spiro atoms. The fraction of sp³-hybridized carbons (Fsp3) is 0.750. The van der Waals surface area contributed by atoms with Crippen molar-refractivity contribution in [3.63, 3.8) is 0 Å². The Kier molecular flexibility index (Phi) is 4.65. The topological polar surface area (TPSA) is 37.3 Å². The first-order valence-corrected chi connectivity index (χ1v) is 5.15. The van der Waals surface area contributed by atoms with E-state index in [0.717, 1.165) is 0 Å². The molecule has 0 rings (SSSR count). The summed E-state index contributed by atoms with van der Waals surface area (Å²) < 4.78 is -4.91. The minimum atomic E-state index is -2.64. The highest BCUT2D eigenvalue weighted by Gasteiger charge is 2.66. The second-order valence-corrected chi connectivity index (χ2v) is 7.09. The van der Waals surface area contributed by atoms with Crippen molar-refractivity contribution in [3.8, 4) is 0 Å². The summed E-state index contributed by atoms with van der Waals surface area (Å²) in [5.41, 5.74) is 0. The van der Waals surface area contributed by atoms with Gasteiger partial charge in [0.1, 0.15) is 0 Å². The molecule has 0 amide bonds. The van der Waals surface area contributed by atoms with Crippen LogP contribution in [0.2, 0.25) is 0 Å². The van der Waals surface area contributed by atoms with Gasteiger partial charge >= 0.3 is 5.97 Å². The predicted molar refractivity (Wildman–Crippen MR) is 56.8 cm³/mol. The van der Waals surface area contributed by atoms with Gasteiger partial charge in [-0.3, -0.25) is 0 Å². The van der Waals surface area contributed by atoms with Crippen LogP contribution in [0.1, 0.15) is 0 Å². The van der Waals surface area contributed by atoms with Gasteiger partial charge in [-0.1, -0.05) is 81.2 Å². The Morgan fingerprint density at radius 3 is 1.08 bits per heavy atom. The average Bonchev–Trinajstić information content (AvgIpc) is 1.80. The smallest absolute Gasteiger partial charge is 0.333 e. The zero-order valence-corrected chi connectivity index (χ0v) is 10.8. The van der Waals surface area contributed by atoms with Crippen LogP contribution in [0.15, 0.2) is 0 Å². The zero-order valence-electron chi connectivity index (χ0n) is 5.50. The number of alkyl halides is 7. The van der Waals surface area contributed by atoms with E-state index in [1.807, 2.05) is 0 Å². The van der Waals surface area contributed by atoms with Crippen LogP contribution in [0.25, 0.3) is 0 Å². The van der Waals surface area contributed by atoms with E-state index >= 15 is 0 Å². The van der Waals surface area contributed by atoms with Crippen LogP contribution >= 0.6 is 81.2 Å². The fourth-order valence-corrected chi connectivity index (χ4v) is 2.17. The molecule has 0 aliphatic carbocycles. The summed E-state index contributed by atoms with van der Waals surface area (Å²) in [6, 6.07) is 0. The van der Waals surface area contributed by atoms with Gasteiger partial charge in [-0.05, 0) is 0 Å². The molecule has 0 aromatic carbocycles. The van der Waals surface area contributed by atoms with Crippen molar-refractivity contribution in [1.29, 1.82) is 0 Å². The van der Waals surface area contributed by atoms with E-state index in [1.54, 1.807) is 0 Å². The van der Waals surface area contributed by atoms with E-state index in [-0.39, 0.29) is 0 Å². The molecule has 0 heterocycles. The summed E-state index contributed by atoms with van der Waals surface area (Å²) >= 11 is 37.1. The first-order valence-electron chi connectivity index (χ1n) is 2.50. The quantitative estimate of drug-likeness (QED) is 0.743. The van der Waals surface area contributed by atoms with E-state index in [9.17, 15) is 4.79 Å². The van der Waals surface area contributed by atoms with Crippen molar-refractivity contribution < 1.29 is 9.90 Å². The van der Waals surface area contributed by atoms with Gasteiger partial charge in [0, 0.05) is 0 Å². The molecule has 0 unspecified atom stereocenters. The molecule has 13 heavy (non-hydrogen) atoms. The highest BCUT2D eigenvalue weighted by atomic mass is 35.6. The van der Waals surface area contributed by atoms with Gasteiger partial charge in [-0.25, -0.2) is 4.79 Å². The van der Waals surface area contributed by atoms with Crippen molar-refractivity contribution in [3.05, 3.63) is 0 Å². The highest BCUT2D eigenvalue weighted by Crippen LogP contribution is 2.55. The second kappa shape index (κ2) is 4.17. The molecule has 0 aliphatic rings. The van der Waals surface area contributed by atoms with E-state index in [4.69, 9.17) is 86.3 Å². The monoisotopic (exact) mass is 326 g/mol. The lowest BCUT2D eigenvalue weighted by Crippen LogP contribution is -2.55. The van der Waals surface area contributed by atoms with Crippen LogP contribution in [0.5, 0.6) is 0 Å². The predicted octanol–water partition coefficient (Wildman–Crippen LogP) is 3.79. The highest BCUT2D eigenvalue weighted by molar-refractivity contribution is 6.80. The Labute approximate surface area is 109 Å². The van der Waals surface area contributed by atoms with Gasteiger partial charge in [-0.15, -0.1) is 0 Å². The van der Waals surface area contributed by atoms with E-state index in [0.29, 0.717) is 0 Å². The van der Waals surface area contributed by atoms with Gasteiger partial charge in [0.15, 0.2) is 0 Å². The summed E-state index contributed by atoms with van der Waals surface area (Å²) in [6.07, 6.45) is 0. The Hall–Kier alpha value is 1.50. The molecule has 0 atom stereocenters. The normalized spacial score (nSPS) is 14.4. The second-order valence-electron chi connectivity index (χ2n) is 1.96. The molecular weight excluding hydrogens is 328 g/mol. The maximum absolute atomic E-state index is 10.7. The lowest BCUT2D eigenvalue weighted by molar-refractivity contribution is -0.139. The largest absolute Gasteiger partial charge is 0.480 e. The summed E-state index contributed by atoms with van der Waals surface area (Å²) in [5, 5.41) is 8.67. The molecule has 0 saturated carbocycles. The summed E-state index contributed by atoms with van der Waals surface area (Å²) in [4.78, 5) is 8.03. The number of carboxylic acid groups (broad SMARTS) is 1. The van der Waals surface area contributed by atoms with Gasteiger partial charge in [-0.2, -0.15) is 0 Å². The van der Waals surface area contributed by atoms with Crippen molar-refractivity contribution >= 4 is 87.2 Å². The first-order chi connectivity index (χ1) is 5.44. The fourth-order valence-electron chi connectivity index (χ4n) is 0.403. The zero-order chi connectivity index (χ0) is 11.1. The van der Waals surface area contributed by atoms with Crippen molar-refractivity contribution in [2.75, 3.05) is 0 Å². The van der Waals surface area contributed by atoms with Crippen LogP contribution in [-0.4, -0.2) is 23.5 Å². The van der Waals surface area contributed by atoms with E-state index in [1.165, 1.54) is 0 Å². The van der Waals surface area contributed by atoms with Crippen LogP contribution in [0, 0.1) is 0 Å². The van der Waals surface area contributed by atoms with Gasteiger partial charge in [0.05, 0.1) is 0 Å². The third-order valence-corrected chi connectivity index (χ3v) is 4.09. The molecule has 0 bridgehead atoms. The minimum absolute atomic E-state index is 1.74. The molecule has 0 radical (unpaired) electrons. The Morgan fingerprint density at radius 2 is 1.08 bits per heavy atom. The average molecular weight is 329 g/mol. The Bertz CT molecular complexity index is 200. The molecule has 2 nitrogen and oxygen atoms in total. The molecular formula is C4HCl7O2. The molecule has 0 fully saturated rings. The van der Waals surface area contributed by atoms with Gasteiger partial charge in [0.25, 0.3) is 0 Å². The van der Waals surface area contributed by atoms with Crippen LogP contribution in [0.3, 0.4) is 0 Å². The van der Waals surface area contributed by atoms with Gasteiger partial charge in [0.2, 0.25) is 12.5 Å². The molecule has 9 heteroatoms. The minimum Gasteiger partial charge on any atom is -0.480 e. The number of carboxylic acids is 1. The summed E-state index contributed by atoms with van der Waals surface area (Å²) in [5.74, 6) is -1.74. The molecule has 0 aromatic rings. The van der Waals surface area contributed by atoms with Crippen molar-refractivity contribution in [2.45, 2.75) is 12.5 Å².